The van der Waals surface area contributed by atoms with Crippen LogP contribution in [0, 0.1) is 0 Å². The molecule has 0 radical (unpaired) electrons. The van der Waals surface area contributed by atoms with E-state index in [2.05, 4.69) is 9.88 Å². The summed E-state index contributed by atoms with van der Waals surface area (Å²) < 4.78 is 27.2. The van der Waals surface area contributed by atoms with Crippen LogP contribution in [-0.2, 0) is 22.7 Å². The van der Waals surface area contributed by atoms with Crippen molar-refractivity contribution < 1.29 is 18.6 Å². The van der Waals surface area contributed by atoms with Crippen LogP contribution in [0.15, 0.2) is 30.3 Å². The summed E-state index contributed by atoms with van der Waals surface area (Å²) in [6, 6.07) is 9.45. The van der Waals surface area contributed by atoms with Gasteiger partial charge in [-0.15, -0.1) is 11.3 Å². The van der Waals surface area contributed by atoms with Crippen molar-refractivity contribution in [2.75, 3.05) is 32.1 Å². The zero-order valence-electron chi connectivity index (χ0n) is 18.1. The fourth-order valence-corrected chi connectivity index (χ4v) is 6.51. The van der Waals surface area contributed by atoms with Crippen molar-refractivity contribution in [3.8, 4) is 16.5 Å². The zero-order valence-corrected chi connectivity index (χ0v) is 20.5. The van der Waals surface area contributed by atoms with Crippen LogP contribution < -0.4 is 9.64 Å². The minimum absolute atomic E-state index is 0.0428. The maximum atomic E-state index is 11.9. The van der Waals surface area contributed by atoms with Gasteiger partial charge in [0.2, 0.25) is 0 Å². The molecule has 0 atom stereocenters. The molecule has 33 heavy (non-hydrogen) atoms. The molecule has 2 N–H and O–H groups in total. The Morgan fingerprint density at radius 3 is 2.79 bits per heavy atom. The molecule has 0 fully saturated rings. The van der Waals surface area contributed by atoms with E-state index in [-0.39, 0.29) is 24.0 Å². The first-order valence-electron chi connectivity index (χ1n) is 10.3. The van der Waals surface area contributed by atoms with Crippen LogP contribution in [0.2, 0.25) is 4.34 Å². The number of amides is 1. The van der Waals surface area contributed by atoms with E-state index in [1.165, 1.54) is 16.2 Å². The summed E-state index contributed by atoms with van der Waals surface area (Å²) in [6.45, 7) is 0.654. The third kappa shape index (κ3) is 4.41. The lowest BCUT2D eigenvalue weighted by atomic mass is 10.1. The zero-order chi connectivity index (χ0) is 23.3. The predicted octanol–water partition coefficient (Wildman–Crippen LogP) is 4.78. The van der Waals surface area contributed by atoms with E-state index in [4.69, 9.17) is 21.3 Å². The number of carbonyl (C=O) groups excluding carboxylic acids is 1. The molecule has 174 valence electrons. The van der Waals surface area contributed by atoms with Gasteiger partial charge in [-0.3, -0.25) is 13.9 Å². The molecule has 2 aromatic heterocycles. The minimum atomic E-state index is -2.78. The van der Waals surface area contributed by atoms with Crippen molar-refractivity contribution in [2.45, 2.75) is 17.9 Å². The van der Waals surface area contributed by atoms with Crippen molar-refractivity contribution in [3.05, 3.63) is 51.5 Å². The molecule has 1 amide bonds. The Hall–Kier alpha value is -2.37. The summed E-state index contributed by atoms with van der Waals surface area (Å²) >= 11 is 7.52. The smallest absolute Gasteiger partial charge is 0.259 e. The second-order valence-corrected chi connectivity index (χ2v) is 12.2. The van der Waals surface area contributed by atoms with Gasteiger partial charge in [-0.05, 0) is 30.2 Å². The molecule has 2 aliphatic rings. The molecule has 0 aliphatic carbocycles. The number of thiophene rings is 1. The highest BCUT2D eigenvalue weighted by atomic mass is 35.5. The molecule has 5 rings (SSSR count). The Labute approximate surface area is 202 Å². The minimum Gasteiger partial charge on any atom is -0.484 e. The second kappa shape index (κ2) is 8.44. The van der Waals surface area contributed by atoms with Crippen LogP contribution in [0.5, 0.6) is 5.75 Å². The van der Waals surface area contributed by atoms with E-state index in [9.17, 15) is 13.9 Å². The highest BCUT2D eigenvalue weighted by molar-refractivity contribution is 8.23. The fraction of sp³-hybridized carbons (Fsp3) is 0.318. The monoisotopic (exact) mass is 506 g/mol. The lowest BCUT2D eigenvalue weighted by Gasteiger charge is -2.25. The molecule has 2 aliphatic heterocycles. The van der Waals surface area contributed by atoms with Gasteiger partial charge in [-0.1, -0.05) is 17.7 Å². The maximum absolute atomic E-state index is 11.9. The Morgan fingerprint density at radius 1 is 1.24 bits per heavy atom. The molecule has 0 spiro atoms. The number of hydrogen-bond acceptors (Lipinski definition) is 8. The first-order chi connectivity index (χ1) is 15.7. The number of aromatic nitrogens is 2. The van der Waals surface area contributed by atoms with E-state index in [0.717, 1.165) is 28.1 Å². The average Bonchev–Trinajstić information content (AvgIpc) is 3.46. The number of rotatable bonds is 5. The van der Waals surface area contributed by atoms with Crippen LogP contribution >= 0.6 is 33.5 Å². The first kappa shape index (κ1) is 22.4. The van der Waals surface area contributed by atoms with Crippen molar-refractivity contribution >= 4 is 50.9 Å². The second-order valence-electron chi connectivity index (χ2n) is 8.26. The average molecular weight is 507 g/mol. The topological polar surface area (TPSA) is 99.0 Å². The SMILES string of the molecule is CN(C)C(=O)COc1ccc2c(c1)N(c1nc(-c3ccc(Cl)s3)nc3c1CS(O)(O)C3)CC2. The van der Waals surface area contributed by atoms with Gasteiger partial charge in [-0.25, -0.2) is 9.97 Å². The van der Waals surface area contributed by atoms with Gasteiger partial charge >= 0.3 is 0 Å². The molecule has 1 aromatic carbocycles. The summed E-state index contributed by atoms with van der Waals surface area (Å²) in [4.78, 5) is 25.8. The number of carbonyl (C=O) groups is 1. The van der Waals surface area contributed by atoms with Gasteiger partial charge < -0.3 is 14.5 Å². The number of halogens is 1. The van der Waals surface area contributed by atoms with Crippen LogP contribution in [-0.4, -0.2) is 57.1 Å². The number of fused-ring (bicyclic) bond motifs is 2. The number of likely N-dealkylation sites (N-methyl/N-ethyl adjacent to an activating group) is 1. The van der Waals surface area contributed by atoms with Crippen LogP contribution in [0.1, 0.15) is 16.8 Å². The Bertz CT molecular complexity index is 1250. The lowest BCUT2D eigenvalue weighted by Crippen LogP contribution is -2.27. The molecular formula is C22H23ClN4O4S2. The summed E-state index contributed by atoms with van der Waals surface area (Å²) in [7, 11) is 0.596. The van der Waals surface area contributed by atoms with E-state index in [0.29, 0.717) is 34.0 Å². The number of nitrogens with zero attached hydrogens (tertiary/aromatic N) is 4. The van der Waals surface area contributed by atoms with Gasteiger partial charge in [-0.2, -0.15) is 10.6 Å². The molecule has 0 saturated heterocycles. The molecule has 4 heterocycles. The van der Waals surface area contributed by atoms with Crippen molar-refractivity contribution in [1.29, 1.82) is 0 Å². The van der Waals surface area contributed by atoms with E-state index >= 15 is 0 Å². The normalized spacial score (nSPS) is 16.9. The summed E-state index contributed by atoms with van der Waals surface area (Å²) in [6.07, 6.45) is 0.821. The molecule has 3 aromatic rings. The van der Waals surface area contributed by atoms with Crippen LogP contribution in [0.3, 0.4) is 0 Å². The Kier molecular flexibility index (Phi) is 5.74. The van der Waals surface area contributed by atoms with E-state index < -0.39 is 10.6 Å². The largest absolute Gasteiger partial charge is 0.484 e. The third-order valence-corrected chi connectivity index (χ3v) is 8.39. The molecule has 0 unspecified atom stereocenters. The van der Waals surface area contributed by atoms with Crippen LogP contribution in [0.25, 0.3) is 10.7 Å². The lowest BCUT2D eigenvalue weighted by molar-refractivity contribution is -0.130. The summed E-state index contributed by atoms with van der Waals surface area (Å²) in [5.74, 6) is 1.94. The Morgan fingerprint density at radius 2 is 2.06 bits per heavy atom. The van der Waals surface area contributed by atoms with Crippen LogP contribution in [0.4, 0.5) is 11.5 Å². The van der Waals surface area contributed by atoms with Gasteiger partial charge in [0, 0.05) is 38.0 Å². The molecule has 0 saturated carbocycles. The quantitative estimate of drug-likeness (QED) is 0.513. The summed E-state index contributed by atoms with van der Waals surface area (Å²) in [5, 5.41) is 0. The summed E-state index contributed by atoms with van der Waals surface area (Å²) in [5.41, 5.74) is 3.50. The fourth-order valence-electron chi connectivity index (χ4n) is 4.00. The van der Waals surface area contributed by atoms with Crippen molar-refractivity contribution in [2.24, 2.45) is 0 Å². The van der Waals surface area contributed by atoms with Crippen molar-refractivity contribution in [1.82, 2.24) is 14.9 Å². The molecule has 11 heteroatoms. The maximum Gasteiger partial charge on any atom is 0.259 e. The van der Waals surface area contributed by atoms with Gasteiger partial charge in [0.05, 0.1) is 26.4 Å². The van der Waals surface area contributed by atoms with Gasteiger partial charge in [0.25, 0.3) is 5.91 Å². The standard InChI is InChI=1S/C22H23ClN4O4S2/c1-26(2)20(28)10-31-14-4-3-13-7-8-27(17(13)9-14)22-15-11-33(29,30)12-16(15)24-21(25-22)18-5-6-19(23)32-18/h3-6,9,29-30H,7-8,10-12H2,1-2H3. The molecular weight excluding hydrogens is 484 g/mol. The van der Waals surface area contributed by atoms with Gasteiger partial charge in [0.15, 0.2) is 12.4 Å². The Balaban J connectivity index is 1.54. The van der Waals surface area contributed by atoms with E-state index in [1.54, 1.807) is 20.2 Å². The molecule has 0 bridgehead atoms. The third-order valence-electron chi connectivity index (χ3n) is 5.68. The van der Waals surface area contributed by atoms with Gasteiger partial charge in [0.1, 0.15) is 11.6 Å². The number of anilines is 2. The van der Waals surface area contributed by atoms with Crippen molar-refractivity contribution in [3.63, 3.8) is 0 Å². The highest BCUT2D eigenvalue weighted by Gasteiger charge is 2.34. The number of hydrogen-bond donors (Lipinski definition) is 2. The molecule has 8 nitrogen and oxygen atoms in total. The number of benzene rings is 1. The van der Waals surface area contributed by atoms with E-state index in [1.807, 2.05) is 24.3 Å². The predicted molar refractivity (Wildman–Crippen MR) is 132 cm³/mol. The highest BCUT2D eigenvalue weighted by Crippen LogP contribution is 2.55. The first-order valence-corrected chi connectivity index (χ1v) is 13.4. The number of ether oxygens (including phenoxy) is 1.